The first-order valence-electron chi connectivity index (χ1n) is 6.77. The summed E-state index contributed by atoms with van der Waals surface area (Å²) in [5.41, 5.74) is 0.533. The van der Waals surface area contributed by atoms with Crippen molar-refractivity contribution in [3.8, 4) is 5.75 Å². The van der Waals surface area contributed by atoms with Gasteiger partial charge in [-0.25, -0.2) is 4.39 Å². The minimum Gasteiger partial charge on any atom is -0.493 e. The summed E-state index contributed by atoms with van der Waals surface area (Å²) >= 11 is 0. The van der Waals surface area contributed by atoms with E-state index in [1.54, 1.807) is 13.0 Å². The average molecular weight is 252 g/mol. The second-order valence-corrected chi connectivity index (χ2v) is 5.17. The third-order valence-electron chi connectivity index (χ3n) is 3.62. The Morgan fingerprint density at radius 1 is 1.33 bits per heavy atom. The van der Waals surface area contributed by atoms with Crippen LogP contribution in [0.1, 0.15) is 50.7 Å². The van der Waals surface area contributed by atoms with Crippen LogP contribution in [0.2, 0.25) is 0 Å². The molecule has 0 heterocycles. The SMILES string of the molecule is C[C@@H](O)c1cc(F)ccc1OCC1CCCCC1. The number of aliphatic hydroxyl groups excluding tert-OH is 1. The van der Waals surface area contributed by atoms with Crippen LogP contribution in [-0.4, -0.2) is 11.7 Å². The van der Waals surface area contributed by atoms with Crippen LogP contribution in [0.4, 0.5) is 4.39 Å². The Balaban J connectivity index is 1.99. The highest BCUT2D eigenvalue weighted by Crippen LogP contribution is 2.29. The van der Waals surface area contributed by atoms with Gasteiger partial charge in [-0.3, -0.25) is 0 Å². The van der Waals surface area contributed by atoms with Gasteiger partial charge in [0.2, 0.25) is 0 Å². The van der Waals surface area contributed by atoms with Gasteiger partial charge < -0.3 is 9.84 Å². The highest BCUT2D eigenvalue weighted by molar-refractivity contribution is 5.35. The van der Waals surface area contributed by atoms with Crippen LogP contribution in [0, 0.1) is 11.7 Å². The summed E-state index contributed by atoms with van der Waals surface area (Å²) in [5, 5.41) is 9.62. The zero-order chi connectivity index (χ0) is 13.0. The maximum Gasteiger partial charge on any atom is 0.125 e. The molecular weight excluding hydrogens is 231 g/mol. The minimum absolute atomic E-state index is 0.337. The van der Waals surface area contributed by atoms with Gasteiger partial charge in [-0.2, -0.15) is 0 Å². The van der Waals surface area contributed by atoms with Gasteiger partial charge in [-0.1, -0.05) is 19.3 Å². The third-order valence-corrected chi connectivity index (χ3v) is 3.62. The lowest BCUT2D eigenvalue weighted by Gasteiger charge is -2.22. The summed E-state index contributed by atoms with van der Waals surface area (Å²) in [5.74, 6) is 0.874. The molecule has 1 aliphatic rings. The maximum absolute atomic E-state index is 13.1. The highest BCUT2D eigenvalue weighted by atomic mass is 19.1. The molecule has 2 rings (SSSR count). The predicted molar refractivity (Wildman–Crippen MR) is 69.1 cm³/mol. The fraction of sp³-hybridized carbons (Fsp3) is 0.600. The van der Waals surface area contributed by atoms with Crippen molar-refractivity contribution in [3.63, 3.8) is 0 Å². The fourth-order valence-electron chi connectivity index (χ4n) is 2.54. The zero-order valence-corrected chi connectivity index (χ0v) is 10.9. The van der Waals surface area contributed by atoms with E-state index in [0.717, 1.165) is 0 Å². The summed E-state index contributed by atoms with van der Waals surface area (Å²) in [4.78, 5) is 0. The molecule has 18 heavy (non-hydrogen) atoms. The smallest absolute Gasteiger partial charge is 0.125 e. The largest absolute Gasteiger partial charge is 0.493 e. The summed E-state index contributed by atoms with van der Waals surface area (Å²) in [6, 6.07) is 4.34. The maximum atomic E-state index is 13.1. The molecule has 0 spiro atoms. The van der Waals surface area contributed by atoms with E-state index < -0.39 is 6.10 Å². The van der Waals surface area contributed by atoms with Crippen LogP contribution in [0.5, 0.6) is 5.75 Å². The first kappa shape index (κ1) is 13.3. The van der Waals surface area contributed by atoms with Gasteiger partial charge >= 0.3 is 0 Å². The number of ether oxygens (including phenoxy) is 1. The average Bonchev–Trinajstić information content (AvgIpc) is 2.38. The van der Waals surface area contributed by atoms with Gasteiger partial charge in [-0.15, -0.1) is 0 Å². The topological polar surface area (TPSA) is 29.5 Å². The molecule has 0 amide bonds. The van der Waals surface area contributed by atoms with Crippen molar-refractivity contribution in [1.29, 1.82) is 0 Å². The molecule has 0 aliphatic heterocycles. The van der Waals surface area contributed by atoms with Gasteiger partial charge in [0, 0.05) is 5.56 Å². The van der Waals surface area contributed by atoms with E-state index >= 15 is 0 Å². The van der Waals surface area contributed by atoms with E-state index in [0.29, 0.717) is 23.8 Å². The Morgan fingerprint density at radius 2 is 2.06 bits per heavy atom. The second-order valence-electron chi connectivity index (χ2n) is 5.17. The van der Waals surface area contributed by atoms with E-state index in [1.165, 1.54) is 44.2 Å². The van der Waals surface area contributed by atoms with Crippen molar-refractivity contribution in [2.75, 3.05) is 6.61 Å². The standard InChI is InChI=1S/C15H21FO2/c1-11(17)14-9-13(16)7-8-15(14)18-10-12-5-3-2-4-6-12/h7-9,11-12,17H,2-6,10H2,1H3/t11-/m1/s1. The van der Waals surface area contributed by atoms with Crippen molar-refractivity contribution in [2.45, 2.75) is 45.1 Å². The molecule has 1 atom stereocenters. The molecule has 1 aliphatic carbocycles. The number of aliphatic hydroxyl groups is 1. The Bertz CT molecular complexity index is 384. The van der Waals surface area contributed by atoms with Crippen molar-refractivity contribution in [1.82, 2.24) is 0 Å². The molecule has 1 fully saturated rings. The number of halogens is 1. The van der Waals surface area contributed by atoms with Crippen molar-refractivity contribution < 1.29 is 14.2 Å². The molecule has 1 N–H and O–H groups in total. The number of hydrogen-bond acceptors (Lipinski definition) is 2. The van der Waals surface area contributed by atoms with Crippen molar-refractivity contribution in [3.05, 3.63) is 29.6 Å². The highest BCUT2D eigenvalue weighted by Gasteiger charge is 2.16. The number of rotatable bonds is 4. The molecule has 100 valence electrons. The molecule has 0 bridgehead atoms. The molecule has 2 nitrogen and oxygen atoms in total. The summed E-state index contributed by atoms with van der Waals surface area (Å²) in [6.45, 7) is 2.30. The second kappa shape index (κ2) is 6.19. The minimum atomic E-state index is -0.706. The van der Waals surface area contributed by atoms with E-state index in [1.807, 2.05) is 0 Å². The van der Waals surface area contributed by atoms with Crippen LogP contribution in [-0.2, 0) is 0 Å². The lowest BCUT2D eigenvalue weighted by Crippen LogP contribution is -2.16. The summed E-state index contributed by atoms with van der Waals surface area (Å²) < 4.78 is 18.9. The third kappa shape index (κ3) is 3.45. The van der Waals surface area contributed by atoms with Gasteiger partial charge in [0.25, 0.3) is 0 Å². The Morgan fingerprint density at radius 3 is 2.72 bits per heavy atom. The predicted octanol–water partition coefficient (Wildman–Crippen LogP) is 3.84. The van der Waals surface area contributed by atoms with E-state index in [9.17, 15) is 9.50 Å². The molecule has 0 saturated heterocycles. The van der Waals surface area contributed by atoms with E-state index in [-0.39, 0.29) is 5.82 Å². The molecule has 0 radical (unpaired) electrons. The van der Waals surface area contributed by atoms with Crippen LogP contribution < -0.4 is 4.74 Å². The van der Waals surface area contributed by atoms with Crippen LogP contribution in [0.25, 0.3) is 0 Å². The van der Waals surface area contributed by atoms with Crippen molar-refractivity contribution in [2.24, 2.45) is 5.92 Å². The van der Waals surface area contributed by atoms with Gasteiger partial charge in [0.05, 0.1) is 12.7 Å². The first-order chi connectivity index (χ1) is 8.66. The summed E-state index contributed by atoms with van der Waals surface area (Å²) in [6.07, 6.45) is 5.60. The Kier molecular flexibility index (Phi) is 4.59. The quantitative estimate of drug-likeness (QED) is 0.882. The zero-order valence-electron chi connectivity index (χ0n) is 10.9. The van der Waals surface area contributed by atoms with Crippen LogP contribution in [0.3, 0.4) is 0 Å². The van der Waals surface area contributed by atoms with Gasteiger partial charge in [0.15, 0.2) is 0 Å². The van der Waals surface area contributed by atoms with Crippen LogP contribution in [0.15, 0.2) is 18.2 Å². The Labute approximate surface area is 108 Å². The van der Waals surface area contributed by atoms with Crippen LogP contribution >= 0.6 is 0 Å². The van der Waals surface area contributed by atoms with Gasteiger partial charge in [0.1, 0.15) is 11.6 Å². The molecule has 3 heteroatoms. The van der Waals surface area contributed by atoms with Gasteiger partial charge in [-0.05, 0) is 43.9 Å². The molecular formula is C15H21FO2. The first-order valence-corrected chi connectivity index (χ1v) is 6.77. The molecule has 1 saturated carbocycles. The van der Waals surface area contributed by atoms with E-state index in [2.05, 4.69) is 0 Å². The van der Waals surface area contributed by atoms with Crippen molar-refractivity contribution >= 4 is 0 Å². The molecule has 1 aromatic rings. The summed E-state index contributed by atoms with van der Waals surface area (Å²) in [7, 11) is 0. The number of benzene rings is 1. The lowest BCUT2D eigenvalue weighted by atomic mass is 9.90. The number of hydrogen-bond donors (Lipinski definition) is 1. The normalized spacial score (nSPS) is 18.6. The molecule has 1 aromatic carbocycles. The Hall–Kier alpha value is -1.09. The van der Waals surface area contributed by atoms with E-state index in [4.69, 9.17) is 4.74 Å². The molecule has 0 unspecified atom stereocenters. The lowest BCUT2D eigenvalue weighted by molar-refractivity contribution is 0.177. The monoisotopic (exact) mass is 252 g/mol. The fourth-order valence-corrected chi connectivity index (χ4v) is 2.54. The molecule has 0 aromatic heterocycles.